The van der Waals surface area contributed by atoms with Crippen LogP contribution in [0.2, 0.25) is 0 Å². The van der Waals surface area contributed by atoms with E-state index in [2.05, 4.69) is 5.32 Å². The monoisotopic (exact) mass is 276 g/mol. The Morgan fingerprint density at radius 1 is 1.32 bits per heavy atom. The number of carbonyl (C=O) groups excluding carboxylic acids is 1. The number of aromatic hydroxyl groups is 1. The van der Waals surface area contributed by atoms with Crippen molar-refractivity contribution in [1.29, 1.82) is 0 Å². The molecule has 5 nitrogen and oxygen atoms in total. The lowest BCUT2D eigenvalue weighted by Gasteiger charge is -2.20. The molecule has 0 radical (unpaired) electrons. The van der Waals surface area contributed by atoms with Crippen molar-refractivity contribution < 1.29 is 14.3 Å². The lowest BCUT2D eigenvalue weighted by Crippen LogP contribution is -2.40. The Hall–Kier alpha value is -2.34. The van der Waals surface area contributed by atoms with Crippen LogP contribution in [0.15, 0.2) is 47.1 Å². The fourth-order valence-electron chi connectivity index (χ4n) is 1.44. The van der Waals surface area contributed by atoms with E-state index in [9.17, 15) is 9.90 Å². The van der Waals surface area contributed by atoms with E-state index in [0.717, 1.165) is 5.69 Å². The standard InChI is InChI=1S/C13H12N2O3S/c1-15(9-4-6-10(16)7-5-9)13(19)14-12(17)11-3-2-8-18-11/h2-8,16H,1H3,(H,14,17,19). The maximum Gasteiger partial charge on any atom is 0.293 e. The Balaban J connectivity index is 2.03. The van der Waals surface area contributed by atoms with E-state index in [1.54, 1.807) is 48.3 Å². The highest BCUT2D eigenvalue weighted by Crippen LogP contribution is 2.17. The lowest BCUT2D eigenvalue weighted by atomic mass is 10.3. The van der Waals surface area contributed by atoms with Crippen LogP contribution in [0.4, 0.5) is 5.69 Å². The zero-order valence-electron chi connectivity index (χ0n) is 10.2. The molecule has 1 heterocycles. The number of hydrogen-bond donors (Lipinski definition) is 2. The summed E-state index contributed by atoms with van der Waals surface area (Å²) in [6.07, 6.45) is 1.42. The second-order valence-electron chi connectivity index (χ2n) is 3.81. The number of furan rings is 1. The molecular formula is C13H12N2O3S. The van der Waals surface area contributed by atoms with E-state index < -0.39 is 5.91 Å². The zero-order chi connectivity index (χ0) is 13.8. The summed E-state index contributed by atoms with van der Waals surface area (Å²) in [5, 5.41) is 12.0. The molecule has 19 heavy (non-hydrogen) atoms. The van der Waals surface area contributed by atoms with Gasteiger partial charge in [-0.25, -0.2) is 0 Å². The number of carbonyl (C=O) groups is 1. The van der Waals surface area contributed by atoms with Crippen LogP contribution in [0.1, 0.15) is 10.6 Å². The molecular weight excluding hydrogens is 264 g/mol. The molecule has 0 atom stereocenters. The third-order valence-corrected chi connectivity index (χ3v) is 2.88. The molecule has 1 amide bonds. The number of anilines is 1. The summed E-state index contributed by atoms with van der Waals surface area (Å²) >= 11 is 5.13. The van der Waals surface area contributed by atoms with E-state index in [1.807, 2.05) is 0 Å². The van der Waals surface area contributed by atoms with Crippen molar-refractivity contribution in [2.45, 2.75) is 0 Å². The van der Waals surface area contributed by atoms with Gasteiger partial charge in [0.1, 0.15) is 5.75 Å². The molecule has 0 aliphatic rings. The van der Waals surface area contributed by atoms with Gasteiger partial charge in [0, 0.05) is 12.7 Å². The van der Waals surface area contributed by atoms with Gasteiger partial charge in [-0.2, -0.15) is 0 Å². The molecule has 2 rings (SSSR count). The predicted octanol–water partition coefficient (Wildman–Crippen LogP) is 2.14. The quantitative estimate of drug-likeness (QED) is 0.823. The van der Waals surface area contributed by atoms with E-state index in [4.69, 9.17) is 16.6 Å². The van der Waals surface area contributed by atoms with Gasteiger partial charge in [0.15, 0.2) is 10.9 Å². The molecule has 0 aliphatic carbocycles. The molecule has 2 aromatic rings. The smallest absolute Gasteiger partial charge is 0.293 e. The largest absolute Gasteiger partial charge is 0.508 e. The first-order chi connectivity index (χ1) is 9.08. The average molecular weight is 276 g/mol. The van der Waals surface area contributed by atoms with Crippen LogP contribution in [0, 0.1) is 0 Å². The number of benzene rings is 1. The Bertz CT molecular complexity index is 578. The maximum absolute atomic E-state index is 11.7. The highest BCUT2D eigenvalue weighted by molar-refractivity contribution is 7.80. The molecule has 1 aromatic heterocycles. The summed E-state index contributed by atoms with van der Waals surface area (Å²) in [7, 11) is 1.72. The van der Waals surface area contributed by atoms with Gasteiger partial charge in [0.25, 0.3) is 5.91 Å². The van der Waals surface area contributed by atoms with Crippen molar-refractivity contribution in [1.82, 2.24) is 5.32 Å². The zero-order valence-corrected chi connectivity index (χ0v) is 11.0. The summed E-state index contributed by atoms with van der Waals surface area (Å²) in [5.41, 5.74) is 0.752. The second-order valence-corrected chi connectivity index (χ2v) is 4.20. The highest BCUT2D eigenvalue weighted by Gasteiger charge is 2.13. The SMILES string of the molecule is CN(C(=S)NC(=O)c1ccco1)c1ccc(O)cc1. The second kappa shape index (κ2) is 5.53. The number of phenolic OH excluding ortho intramolecular Hbond substituents is 1. The lowest BCUT2D eigenvalue weighted by molar-refractivity contribution is 0.0950. The minimum atomic E-state index is -0.402. The number of amides is 1. The fraction of sp³-hybridized carbons (Fsp3) is 0.0769. The van der Waals surface area contributed by atoms with Gasteiger partial charge in [0.05, 0.1) is 6.26 Å². The third kappa shape index (κ3) is 3.11. The molecule has 0 unspecified atom stereocenters. The Morgan fingerprint density at radius 3 is 2.58 bits per heavy atom. The van der Waals surface area contributed by atoms with Gasteiger partial charge in [-0.05, 0) is 48.6 Å². The molecule has 0 fully saturated rings. The van der Waals surface area contributed by atoms with Crippen molar-refractivity contribution in [2.24, 2.45) is 0 Å². The molecule has 0 saturated carbocycles. The summed E-state index contributed by atoms with van der Waals surface area (Å²) in [5.74, 6) is -0.0372. The summed E-state index contributed by atoms with van der Waals surface area (Å²) in [6.45, 7) is 0. The Kier molecular flexibility index (Phi) is 3.82. The first kappa shape index (κ1) is 13.1. The van der Waals surface area contributed by atoms with Gasteiger partial charge in [0.2, 0.25) is 0 Å². The maximum atomic E-state index is 11.7. The molecule has 6 heteroatoms. The molecule has 0 spiro atoms. The molecule has 98 valence electrons. The predicted molar refractivity (Wildman–Crippen MR) is 75.3 cm³/mol. The van der Waals surface area contributed by atoms with Crippen LogP contribution in [0.25, 0.3) is 0 Å². The normalized spacial score (nSPS) is 9.95. The minimum absolute atomic E-state index is 0.169. The minimum Gasteiger partial charge on any atom is -0.508 e. The number of thiocarbonyl (C=S) groups is 1. The van der Waals surface area contributed by atoms with Crippen LogP contribution >= 0.6 is 12.2 Å². The molecule has 2 N–H and O–H groups in total. The van der Waals surface area contributed by atoms with Crippen LogP contribution < -0.4 is 10.2 Å². The highest BCUT2D eigenvalue weighted by atomic mass is 32.1. The number of nitrogens with one attached hydrogen (secondary N) is 1. The third-order valence-electron chi connectivity index (χ3n) is 2.51. The van der Waals surface area contributed by atoms with Gasteiger partial charge >= 0.3 is 0 Å². The number of nitrogens with zero attached hydrogens (tertiary/aromatic N) is 1. The van der Waals surface area contributed by atoms with E-state index in [1.165, 1.54) is 6.26 Å². The molecule has 1 aromatic carbocycles. The van der Waals surface area contributed by atoms with Gasteiger partial charge in [-0.15, -0.1) is 0 Å². The first-order valence-corrected chi connectivity index (χ1v) is 5.90. The average Bonchev–Trinajstić information content (AvgIpc) is 2.92. The van der Waals surface area contributed by atoms with Crippen LogP contribution in [-0.4, -0.2) is 23.2 Å². The van der Waals surface area contributed by atoms with Gasteiger partial charge < -0.3 is 14.4 Å². The van der Waals surface area contributed by atoms with Gasteiger partial charge in [-0.3, -0.25) is 10.1 Å². The molecule has 0 saturated heterocycles. The van der Waals surface area contributed by atoms with E-state index >= 15 is 0 Å². The van der Waals surface area contributed by atoms with Crippen molar-refractivity contribution in [3.05, 3.63) is 48.4 Å². The van der Waals surface area contributed by atoms with Crippen molar-refractivity contribution in [3.8, 4) is 5.75 Å². The summed E-state index contributed by atoms with van der Waals surface area (Å²) in [6, 6.07) is 9.66. The fourth-order valence-corrected chi connectivity index (χ4v) is 1.64. The molecule has 0 bridgehead atoms. The van der Waals surface area contributed by atoms with Gasteiger partial charge in [-0.1, -0.05) is 0 Å². The topological polar surface area (TPSA) is 65.7 Å². The summed E-state index contributed by atoms with van der Waals surface area (Å²) in [4.78, 5) is 13.4. The number of phenols is 1. The number of hydrogen-bond acceptors (Lipinski definition) is 4. The van der Waals surface area contributed by atoms with Crippen molar-refractivity contribution in [2.75, 3.05) is 11.9 Å². The van der Waals surface area contributed by atoms with E-state index in [-0.39, 0.29) is 16.6 Å². The molecule has 0 aliphatic heterocycles. The van der Waals surface area contributed by atoms with Crippen molar-refractivity contribution in [3.63, 3.8) is 0 Å². The van der Waals surface area contributed by atoms with E-state index in [0.29, 0.717) is 0 Å². The van der Waals surface area contributed by atoms with Crippen LogP contribution in [0.3, 0.4) is 0 Å². The Morgan fingerprint density at radius 2 is 2.00 bits per heavy atom. The first-order valence-electron chi connectivity index (χ1n) is 5.49. The summed E-state index contributed by atoms with van der Waals surface area (Å²) < 4.78 is 4.97. The Labute approximate surface area is 115 Å². The van der Waals surface area contributed by atoms with Crippen molar-refractivity contribution >= 4 is 28.9 Å². The van der Waals surface area contributed by atoms with Crippen LogP contribution in [-0.2, 0) is 0 Å². The van der Waals surface area contributed by atoms with Crippen LogP contribution in [0.5, 0.6) is 5.75 Å². The number of rotatable bonds is 2.